The van der Waals surface area contributed by atoms with Gasteiger partial charge in [-0.05, 0) is 61.2 Å². The van der Waals surface area contributed by atoms with Crippen molar-refractivity contribution in [1.29, 1.82) is 0 Å². The topological polar surface area (TPSA) is 46.6 Å². The fourth-order valence-corrected chi connectivity index (χ4v) is 3.86. The molecule has 1 aromatic heterocycles. The van der Waals surface area contributed by atoms with E-state index in [0.717, 1.165) is 20.6 Å². The Morgan fingerprint density at radius 2 is 1.88 bits per heavy atom. The van der Waals surface area contributed by atoms with Crippen molar-refractivity contribution in [2.24, 2.45) is 0 Å². The number of hydrogen-bond donors (Lipinski definition) is 0. The highest BCUT2D eigenvalue weighted by atomic mass is 79.9. The second-order valence-electron chi connectivity index (χ2n) is 5.59. The molecule has 0 saturated heterocycles. The molecule has 0 atom stereocenters. The Bertz CT molecular complexity index is 909. The highest BCUT2D eigenvalue weighted by Crippen LogP contribution is 2.36. The van der Waals surface area contributed by atoms with E-state index in [1.807, 2.05) is 48.7 Å². The Kier molecular flexibility index (Phi) is 4.92. The van der Waals surface area contributed by atoms with E-state index in [4.69, 9.17) is 4.74 Å². The van der Waals surface area contributed by atoms with Gasteiger partial charge in [-0.25, -0.2) is 4.79 Å². The minimum atomic E-state index is -0.615. The maximum atomic E-state index is 12.9. The number of anilines is 1. The third-order valence-corrected chi connectivity index (χ3v) is 5.54. The number of esters is 1. The van der Waals surface area contributed by atoms with E-state index in [2.05, 4.69) is 15.9 Å². The predicted molar refractivity (Wildman–Crippen MR) is 103 cm³/mol. The molecule has 0 aliphatic carbocycles. The molecule has 0 radical (unpaired) electrons. The molecule has 0 N–H and O–H groups in total. The number of nitrogens with zero attached hydrogens (tertiary/aromatic N) is 1. The lowest BCUT2D eigenvalue weighted by Crippen LogP contribution is -2.18. The highest BCUT2D eigenvalue weighted by molar-refractivity contribution is 9.10. The maximum absolute atomic E-state index is 12.9. The van der Waals surface area contributed by atoms with Gasteiger partial charge in [0.05, 0.1) is 12.8 Å². The Labute approximate surface area is 158 Å². The lowest BCUT2D eigenvalue weighted by atomic mass is 10.1. The van der Waals surface area contributed by atoms with Crippen molar-refractivity contribution in [2.45, 2.75) is 13.8 Å². The summed E-state index contributed by atoms with van der Waals surface area (Å²) in [5.74, 6) is -0.934. The average Bonchev–Trinajstić information content (AvgIpc) is 3.10. The summed E-state index contributed by atoms with van der Waals surface area (Å²) in [6, 6.07) is 9.60. The quantitative estimate of drug-likeness (QED) is 0.412. The Morgan fingerprint density at radius 3 is 2.44 bits per heavy atom. The second-order valence-corrected chi connectivity index (χ2v) is 7.45. The van der Waals surface area contributed by atoms with Crippen LogP contribution in [0.15, 0.2) is 57.2 Å². The number of ketones is 1. The Morgan fingerprint density at radius 1 is 1.20 bits per heavy atom. The zero-order chi connectivity index (χ0) is 18.1. The number of aryl methyl sites for hydroxylation is 1. The van der Waals surface area contributed by atoms with Crippen LogP contribution < -0.4 is 4.90 Å². The van der Waals surface area contributed by atoms with E-state index in [9.17, 15) is 9.59 Å². The van der Waals surface area contributed by atoms with Gasteiger partial charge in [0.15, 0.2) is 0 Å². The van der Waals surface area contributed by atoms with Crippen LogP contribution in [0.1, 0.15) is 17.4 Å². The summed E-state index contributed by atoms with van der Waals surface area (Å²) in [5, 5.41) is 1.98. The lowest BCUT2D eigenvalue weighted by Gasteiger charge is -2.21. The zero-order valence-corrected chi connectivity index (χ0v) is 16.4. The van der Waals surface area contributed by atoms with E-state index < -0.39 is 5.97 Å². The molecule has 0 saturated carbocycles. The summed E-state index contributed by atoms with van der Waals surface area (Å²) in [7, 11) is 1.28. The third-order valence-electron chi connectivity index (χ3n) is 4.04. The number of halogens is 1. The van der Waals surface area contributed by atoms with Crippen LogP contribution in [-0.2, 0) is 14.3 Å². The minimum absolute atomic E-state index is 0.0749. The molecule has 0 amide bonds. The monoisotopic (exact) mass is 417 g/mol. The standard InChI is InChI=1S/C19H16BrNO3S/c1-11-8-9-25-16(11)10-15-18(22)17(19(23)24-3)12(2)21(15)14-6-4-13(20)5-7-14/h4-10H,1-3H3/b15-10-. The van der Waals surface area contributed by atoms with Crippen LogP contribution in [0.5, 0.6) is 0 Å². The Hall–Kier alpha value is -2.18. The van der Waals surface area contributed by atoms with Crippen LogP contribution >= 0.6 is 27.3 Å². The van der Waals surface area contributed by atoms with Crippen molar-refractivity contribution in [2.75, 3.05) is 12.0 Å². The molecule has 25 heavy (non-hydrogen) atoms. The zero-order valence-electron chi connectivity index (χ0n) is 14.0. The van der Waals surface area contributed by atoms with Crippen molar-refractivity contribution in [3.63, 3.8) is 0 Å². The number of carbonyl (C=O) groups is 2. The number of hydrogen-bond acceptors (Lipinski definition) is 5. The molecule has 2 heterocycles. The summed E-state index contributed by atoms with van der Waals surface area (Å²) in [4.78, 5) is 27.8. The lowest BCUT2D eigenvalue weighted by molar-refractivity contribution is -0.137. The van der Waals surface area contributed by atoms with E-state index in [-0.39, 0.29) is 11.4 Å². The molecular weight excluding hydrogens is 402 g/mol. The molecule has 128 valence electrons. The van der Waals surface area contributed by atoms with Crippen molar-refractivity contribution in [3.05, 3.63) is 67.6 Å². The SMILES string of the molecule is COC(=O)C1=C(C)N(c2ccc(Br)cc2)/C(=C\c2sccc2C)C1=O. The number of carbonyl (C=O) groups excluding carboxylic acids is 2. The van der Waals surface area contributed by atoms with Gasteiger partial charge in [0, 0.05) is 20.7 Å². The molecule has 1 aliphatic heterocycles. The molecule has 0 unspecified atom stereocenters. The number of benzene rings is 1. The van der Waals surface area contributed by atoms with Crippen LogP contribution in [0, 0.1) is 6.92 Å². The normalized spacial score (nSPS) is 16.1. The summed E-state index contributed by atoms with van der Waals surface area (Å²) >= 11 is 4.97. The molecule has 1 aromatic carbocycles. The van der Waals surface area contributed by atoms with Gasteiger partial charge in [0.1, 0.15) is 5.57 Å². The fraction of sp³-hybridized carbons (Fsp3) is 0.158. The van der Waals surface area contributed by atoms with E-state index in [1.165, 1.54) is 7.11 Å². The van der Waals surface area contributed by atoms with Gasteiger partial charge in [0.2, 0.25) is 5.78 Å². The van der Waals surface area contributed by atoms with Crippen molar-refractivity contribution in [1.82, 2.24) is 0 Å². The van der Waals surface area contributed by atoms with Gasteiger partial charge in [0.25, 0.3) is 0 Å². The smallest absolute Gasteiger partial charge is 0.343 e. The van der Waals surface area contributed by atoms with Crippen LogP contribution in [-0.4, -0.2) is 18.9 Å². The number of Topliss-reactive ketones (excluding diaryl/α,β-unsaturated/α-hetero) is 1. The van der Waals surface area contributed by atoms with E-state index in [0.29, 0.717) is 11.4 Å². The number of rotatable bonds is 3. The van der Waals surface area contributed by atoms with Crippen LogP contribution in [0.2, 0.25) is 0 Å². The maximum Gasteiger partial charge on any atom is 0.343 e. The van der Waals surface area contributed by atoms with Gasteiger partial charge in [-0.15, -0.1) is 11.3 Å². The third kappa shape index (κ3) is 3.19. The van der Waals surface area contributed by atoms with Gasteiger partial charge in [-0.2, -0.15) is 0 Å². The number of methoxy groups -OCH3 is 1. The summed E-state index contributed by atoms with van der Waals surface area (Å²) < 4.78 is 5.75. The van der Waals surface area contributed by atoms with Crippen molar-refractivity contribution < 1.29 is 14.3 Å². The van der Waals surface area contributed by atoms with Crippen LogP contribution in [0.4, 0.5) is 5.69 Å². The van der Waals surface area contributed by atoms with Gasteiger partial charge < -0.3 is 9.64 Å². The molecule has 2 aromatic rings. The molecule has 0 fully saturated rings. The first-order valence-electron chi connectivity index (χ1n) is 7.59. The molecule has 3 rings (SSSR count). The molecular formula is C19H16BrNO3S. The van der Waals surface area contributed by atoms with Gasteiger partial charge in [-0.1, -0.05) is 15.9 Å². The molecule has 0 bridgehead atoms. The largest absolute Gasteiger partial charge is 0.465 e. The second kappa shape index (κ2) is 6.98. The van der Waals surface area contributed by atoms with Crippen LogP contribution in [0.3, 0.4) is 0 Å². The molecule has 0 spiro atoms. The summed E-state index contributed by atoms with van der Waals surface area (Å²) in [6.07, 6.45) is 1.84. The number of allylic oxidation sites excluding steroid dienone is 2. The summed E-state index contributed by atoms with van der Waals surface area (Å²) in [6.45, 7) is 3.75. The first-order chi connectivity index (χ1) is 11.9. The minimum Gasteiger partial charge on any atom is -0.465 e. The van der Waals surface area contributed by atoms with E-state index in [1.54, 1.807) is 23.2 Å². The first kappa shape index (κ1) is 17.6. The van der Waals surface area contributed by atoms with Gasteiger partial charge in [-0.3, -0.25) is 4.79 Å². The summed E-state index contributed by atoms with van der Waals surface area (Å²) in [5.41, 5.74) is 3.00. The Balaban J connectivity index is 2.17. The highest BCUT2D eigenvalue weighted by Gasteiger charge is 2.38. The molecule has 4 nitrogen and oxygen atoms in total. The number of ether oxygens (including phenoxy) is 1. The average molecular weight is 418 g/mol. The van der Waals surface area contributed by atoms with Gasteiger partial charge >= 0.3 is 5.97 Å². The van der Waals surface area contributed by atoms with Crippen molar-refractivity contribution in [3.8, 4) is 0 Å². The first-order valence-corrected chi connectivity index (χ1v) is 9.26. The van der Waals surface area contributed by atoms with Crippen LogP contribution in [0.25, 0.3) is 6.08 Å². The fourth-order valence-electron chi connectivity index (χ4n) is 2.74. The molecule has 1 aliphatic rings. The van der Waals surface area contributed by atoms with Crippen molar-refractivity contribution >= 4 is 50.8 Å². The van der Waals surface area contributed by atoms with E-state index >= 15 is 0 Å². The molecule has 6 heteroatoms. The number of thiophene rings is 1. The predicted octanol–water partition coefficient (Wildman–Crippen LogP) is 4.70.